The van der Waals surface area contributed by atoms with Crippen LogP contribution < -0.4 is 5.73 Å². The van der Waals surface area contributed by atoms with Crippen molar-refractivity contribution in [3.63, 3.8) is 0 Å². The first kappa shape index (κ1) is 13.4. The molecule has 1 aromatic rings. The molecule has 1 aromatic heterocycles. The molecule has 0 aliphatic carbocycles. The van der Waals surface area contributed by atoms with Crippen LogP contribution in [-0.2, 0) is 10.0 Å². The lowest BCUT2D eigenvalue weighted by molar-refractivity contribution is 0.250. The molecular formula is C11H16FN3O2S. The molecule has 2 atom stereocenters. The summed E-state index contributed by atoms with van der Waals surface area (Å²) in [6.07, 6.45) is 2.76. The zero-order valence-electron chi connectivity index (χ0n) is 10.1. The highest BCUT2D eigenvalue weighted by atomic mass is 32.2. The lowest BCUT2D eigenvalue weighted by atomic mass is 9.96. The van der Waals surface area contributed by atoms with Crippen molar-refractivity contribution in [3.05, 3.63) is 24.3 Å². The summed E-state index contributed by atoms with van der Waals surface area (Å²) in [4.78, 5) is 3.47. The van der Waals surface area contributed by atoms with E-state index in [0.29, 0.717) is 19.5 Å². The van der Waals surface area contributed by atoms with Gasteiger partial charge in [-0.05, 0) is 18.4 Å². The van der Waals surface area contributed by atoms with Gasteiger partial charge in [-0.25, -0.2) is 12.8 Å². The third-order valence-corrected chi connectivity index (χ3v) is 5.08. The molecule has 2 unspecified atom stereocenters. The van der Waals surface area contributed by atoms with E-state index in [-0.39, 0.29) is 16.9 Å². The van der Waals surface area contributed by atoms with Gasteiger partial charge in [-0.1, -0.05) is 6.92 Å². The van der Waals surface area contributed by atoms with Gasteiger partial charge in [0, 0.05) is 25.3 Å². The minimum atomic E-state index is -3.67. The zero-order chi connectivity index (χ0) is 13.3. The van der Waals surface area contributed by atoms with Crippen molar-refractivity contribution in [3.8, 4) is 0 Å². The van der Waals surface area contributed by atoms with Crippen LogP contribution in [0, 0.1) is 11.7 Å². The fourth-order valence-corrected chi connectivity index (χ4v) is 3.56. The molecule has 1 aliphatic rings. The summed E-state index contributed by atoms with van der Waals surface area (Å²) in [6, 6.07) is 1.00. The number of nitrogens with zero attached hydrogens (tertiary/aromatic N) is 2. The van der Waals surface area contributed by atoms with E-state index in [0.717, 1.165) is 18.5 Å². The first-order valence-electron chi connectivity index (χ1n) is 5.77. The van der Waals surface area contributed by atoms with E-state index in [2.05, 4.69) is 4.98 Å². The van der Waals surface area contributed by atoms with E-state index in [1.54, 1.807) is 0 Å². The molecule has 5 nitrogen and oxygen atoms in total. The van der Waals surface area contributed by atoms with Crippen molar-refractivity contribution >= 4 is 10.0 Å². The molecular weight excluding hydrogens is 257 g/mol. The number of hydrogen-bond donors (Lipinski definition) is 1. The maximum absolute atomic E-state index is 13.0. The van der Waals surface area contributed by atoms with Gasteiger partial charge < -0.3 is 5.73 Å². The van der Waals surface area contributed by atoms with Crippen LogP contribution in [0.4, 0.5) is 4.39 Å². The smallest absolute Gasteiger partial charge is 0.244 e. The zero-order valence-corrected chi connectivity index (χ0v) is 10.9. The molecule has 0 spiro atoms. The van der Waals surface area contributed by atoms with Crippen molar-refractivity contribution in [2.24, 2.45) is 11.7 Å². The highest BCUT2D eigenvalue weighted by molar-refractivity contribution is 7.89. The van der Waals surface area contributed by atoms with Gasteiger partial charge in [-0.3, -0.25) is 4.98 Å². The molecule has 0 bridgehead atoms. The monoisotopic (exact) mass is 273 g/mol. The average molecular weight is 273 g/mol. The molecule has 1 fully saturated rings. The lowest BCUT2D eigenvalue weighted by Crippen LogP contribution is -2.48. The topological polar surface area (TPSA) is 76.3 Å². The van der Waals surface area contributed by atoms with Gasteiger partial charge in [0.1, 0.15) is 10.7 Å². The second-order valence-corrected chi connectivity index (χ2v) is 6.57. The Morgan fingerprint density at radius 1 is 1.50 bits per heavy atom. The van der Waals surface area contributed by atoms with Crippen LogP contribution in [0.2, 0.25) is 0 Å². The van der Waals surface area contributed by atoms with Gasteiger partial charge >= 0.3 is 0 Å². The van der Waals surface area contributed by atoms with E-state index >= 15 is 0 Å². The predicted molar refractivity (Wildman–Crippen MR) is 64.7 cm³/mol. The second kappa shape index (κ2) is 4.91. The highest BCUT2D eigenvalue weighted by Crippen LogP contribution is 2.22. The van der Waals surface area contributed by atoms with Crippen LogP contribution in [-0.4, -0.2) is 36.8 Å². The Morgan fingerprint density at radius 2 is 2.22 bits per heavy atom. The Labute approximate surface area is 106 Å². The van der Waals surface area contributed by atoms with Gasteiger partial charge in [0.2, 0.25) is 10.0 Å². The van der Waals surface area contributed by atoms with E-state index < -0.39 is 15.8 Å². The van der Waals surface area contributed by atoms with E-state index in [1.807, 2.05) is 6.92 Å². The molecule has 0 aromatic carbocycles. The predicted octanol–water partition coefficient (Wildman–Crippen LogP) is 0.579. The van der Waals surface area contributed by atoms with Crippen molar-refractivity contribution in [1.82, 2.24) is 9.29 Å². The first-order valence-corrected chi connectivity index (χ1v) is 7.21. The molecule has 0 saturated carbocycles. The molecule has 18 heavy (non-hydrogen) atoms. The number of hydrogen-bond acceptors (Lipinski definition) is 4. The van der Waals surface area contributed by atoms with Crippen LogP contribution in [0.1, 0.15) is 13.3 Å². The Balaban J connectivity index is 2.27. The minimum absolute atomic E-state index is 0.0158. The third kappa shape index (κ3) is 2.52. The number of halogens is 1. The Bertz CT molecular complexity index is 535. The Hall–Kier alpha value is -1.05. The van der Waals surface area contributed by atoms with E-state index in [9.17, 15) is 12.8 Å². The van der Waals surface area contributed by atoms with Crippen LogP contribution in [0.3, 0.4) is 0 Å². The van der Waals surface area contributed by atoms with Gasteiger partial charge in [-0.2, -0.15) is 4.31 Å². The quantitative estimate of drug-likeness (QED) is 0.855. The van der Waals surface area contributed by atoms with Gasteiger partial charge in [-0.15, -0.1) is 0 Å². The first-order chi connectivity index (χ1) is 8.41. The Morgan fingerprint density at radius 3 is 2.83 bits per heavy atom. The van der Waals surface area contributed by atoms with Gasteiger partial charge in [0.15, 0.2) is 0 Å². The summed E-state index contributed by atoms with van der Waals surface area (Å²) in [6.45, 7) is 2.64. The van der Waals surface area contributed by atoms with Crippen LogP contribution in [0.15, 0.2) is 23.4 Å². The molecule has 7 heteroatoms. The summed E-state index contributed by atoms with van der Waals surface area (Å²) in [5, 5.41) is 0. The largest absolute Gasteiger partial charge is 0.327 e. The number of piperidine rings is 1. The fourth-order valence-electron chi connectivity index (χ4n) is 2.03. The van der Waals surface area contributed by atoms with E-state index in [1.165, 1.54) is 4.31 Å². The molecule has 2 N–H and O–H groups in total. The molecule has 1 aliphatic heterocycles. The average Bonchev–Trinajstić information content (AvgIpc) is 2.32. The van der Waals surface area contributed by atoms with Crippen LogP contribution in [0.5, 0.6) is 0 Å². The summed E-state index contributed by atoms with van der Waals surface area (Å²) in [5.74, 6) is -0.562. The maximum atomic E-state index is 13.0. The number of pyridine rings is 1. The molecule has 2 rings (SSSR count). The minimum Gasteiger partial charge on any atom is -0.327 e. The van der Waals surface area contributed by atoms with Gasteiger partial charge in [0.05, 0.1) is 6.20 Å². The summed E-state index contributed by atoms with van der Waals surface area (Å²) >= 11 is 0. The summed E-state index contributed by atoms with van der Waals surface area (Å²) in [7, 11) is -3.67. The van der Waals surface area contributed by atoms with Gasteiger partial charge in [0.25, 0.3) is 0 Å². The second-order valence-electron chi connectivity index (χ2n) is 4.63. The normalized spacial score (nSPS) is 26.2. The summed E-state index contributed by atoms with van der Waals surface area (Å²) in [5.41, 5.74) is 5.85. The number of nitrogens with two attached hydrogens (primary N) is 1. The van der Waals surface area contributed by atoms with Crippen molar-refractivity contribution in [2.75, 3.05) is 13.1 Å². The van der Waals surface area contributed by atoms with Crippen molar-refractivity contribution in [2.45, 2.75) is 24.3 Å². The molecule has 0 radical (unpaired) electrons. The molecule has 1 saturated heterocycles. The lowest BCUT2D eigenvalue weighted by Gasteiger charge is -2.34. The van der Waals surface area contributed by atoms with Crippen molar-refractivity contribution in [1.29, 1.82) is 0 Å². The molecule has 100 valence electrons. The third-order valence-electron chi connectivity index (χ3n) is 3.25. The number of aromatic nitrogens is 1. The summed E-state index contributed by atoms with van der Waals surface area (Å²) < 4.78 is 38.9. The fraction of sp³-hybridized carbons (Fsp3) is 0.545. The van der Waals surface area contributed by atoms with E-state index in [4.69, 9.17) is 5.73 Å². The maximum Gasteiger partial charge on any atom is 0.244 e. The molecule has 0 amide bonds. The van der Waals surface area contributed by atoms with Crippen LogP contribution >= 0.6 is 0 Å². The number of sulfonamides is 1. The highest BCUT2D eigenvalue weighted by Gasteiger charge is 2.32. The van der Waals surface area contributed by atoms with Crippen molar-refractivity contribution < 1.29 is 12.8 Å². The standard InChI is InChI=1S/C11H16FN3O2S/c1-8-7-15(3-2-11(8)13)18(16,17)10-4-9(12)5-14-6-10/h4-6,8,11H,2-3,7,13H2,1H3. The Kier molecular flexibility index (Phi) is 3.65. The van der Waals surface area contributed by atoms with Crippen LogP contribution in [0.25, 0.3) is 0 Å². The molecule has 2 heterocycles. The SMILES string of the molecule is CC1CN(S(=O)(=O)c2cncc(F)c2)CCC1N. The number of rotatable bonds is 2.